The summed E-state index contributed by atoms with van der Waals surface area (Å²) in [6.07, 6.45) is 0. The molecule has 0 saturated carbocycles. The minimum Gasteiger partial charge on any atom is -0.506 e. The molecule has 0 saturated heterocycles. The van der Waals surface area contributed by atoms with Crippen LogP contribution in [0.5, 0.6) is 5.75 Å². The average Bonchev–Trinajstić information content (AvgIpc) is 2.07. The van der Waals surface area contributed by atoms with E-state index in [-0.39, 0.29) is 5.75 Å². The van der Waals surface area contributed by atoms with Crippen LogP contribution >= 0.6 is 11.6 Å². The molecular formula is C9H12ClNO. The zero-order chi connectivity index (χ0) is 8.97. The van der Waals surface area contributed by atoms with E-state index >= 15 is 0 Å². The number of hydrogen-bond acceptors (Lipinski definition) is 2. The van der Waals surface area contributed by atoms with Gasteiger partial charge in [-0.05, 0) is 24.2 Å². The highest BCUT2D eigenvalue weighted by Crippen LogP contribution is 2.23. The number of halogens is 1. The van der Waals surface area contributed by atoms with Crippen molar-refractivity contribution in [2.45, 2.75) is 13.5 Å². The van der Waals surface area contributed by atoms with E-state index in [0.717, 1.165) is 18.7 Å². The summed E-state index contributed by atoms with van der Waals surface area (Å²) in [6.45, 7) is 3.76. The van der Waals surface area contributed by atoms with Gasteiger partial charge in [-0.25, -0.2) is 0 Å². The van der Waals surface area contributed by atoms with Gasteiger partial charge in [0.25, 0.3) is 0 Å². The van der Waals surface area contributed by atoms with E-state index < -0.39 is 0 Å². The normalized spacial score (nSPS) is 10.2. The van der Waals surface area contributed by atoms with E-state index in [1.807, 2.05) is 13.0 Å². The van der Waals surface area contributed by atoms with Crippen LogP contribution in [0.4, 0.5) is 0 Å². The van der Waals surface area contributed by atoms with Crippen LogP contribution in [0.15, 0.2) is 18.2 Å². The first kappa shape index (κ1) is 9.36. The second-order valence-corrected chi connectivity index (χ2v) is 2.97. The van der Waals surface area contributed by atoms with Crippen LogP contribution in [-0.4, -0.2) is 11.7 Å². The zero-order valence-corrected chi connectivity index (χ0v) is 7.73. The minimum atomic E-state index is 0.136. The van der Waals surface area contributed by atoms with E-state index in [0.29, 0.717) is 5.02 Å². The fraction of sp³-hybridized carbons (Fsp3) is 0.333. The van der Waals surface area contributed by atoms with Crippen molar-refractivity contribution >= 4 is 11.6 Å². The maximum atomic E-state index is 9.12. The molecule has 1 rings (SSSR count). The Morgan fingerprint density at radius 2 is 2.25 bits per heavy atom. The standard InChI is InChI=1S/C9H12ClNO/c1-2-11-6-7-3-4-9(12)8(10)5-7/h3-5,11-12H,2,6H2,1H3. The van der Waals surface area contributed by atoms with Crippen molar-refractivity contribution in [1.29, 1.82) is 0 Å². The number of rotatable bonds is 3. The number of benzene rings is 1. The number of phenols is 1. The van der Waals surface area contributed by atoms with Crippen LogP contribution in [0.25, 0.3) is 0 Å². The first-order chi connectivity index (χ1) is 5.74. The second-order valence-electron chi connectivity index (χ2n) is 2.57. The lowest BCUT2D eigenvalue weighted by molar-refractivity contribution is 0.475. The maximum Gasteiger partial charge on any atom is 0.134 e. The third-order valence-corrected chi connectivity index (χ3v) is 1.89. The molecule has 0 radical (unpaired) electrons. The number of hydrogen-bond donors (Lipinski definition) is 2. The Morgan fingerprint density at radius 3 is 2.83 bits per heavy atom. The maximum absolute atomic E-state index is 9.12. The van der Waals surface area contributed by atoms with E-state index in [9.17, 15) is 0 Å². The molecule has 3 heteroatoms. The van der Waals surface area contributed by atoms with Gasteiger partial charge in [0.2, 0.25) is 0 Å². The van der Waals surface area contributed by atoms with Crippen molar-refractivity contribution in [2.24, 2.45) is 0 Å². The van der Waals surface area contributed by atoms with Crippen LogP contribution in [0, 0.1) is 0 Å². The molecule has 2 nitrogen and oxygen atoms in total. The first-order valence-electron chi connectivity index (χ1n) is 3.92. The Bertz CT molecular complexity index is 263. The molecule has 0 fully saturated rings. The van der Waals surface area contributed by atoms with Gasteiger partial charge in [-0.1, -0.05) is 24.6 Å². The molecule has 0 bridgehead atoms. The molecular weight excluding hydrogens is 174 g/mol. The highest BCUT2D eigenvalue weighted by molar-refractivity contribution is 6.32. The average molecular weight is 186 g/mol. The lowest BCUT2D eigenvalue weighted by Crippen LogP contribution is -2.11. The van der Waals surface area contributed by atoms with Gasteiger partial charge in [0, 0.05) is 6.54 Å². The summed E-state index contributed by atoms with van der Waals surface area (Å²) in [7, 11) is 0. The molecule has 0 aliphatic rings. The summed E-state index contributed by atoms with van der Waals surface area (Å²) in [5, 5.41) is 12.7. The molecule has 0 heterocycles. The molecule has 0 aliphatic carbocycles. The monoisotopic (exact) mass is 185 g/mol. The summed E-state index contributed by atoms with van der Waals surface area (Å²) in [5.41, 5.74) is 1.08. The van der Waals surface area contributed by atoms with E-state index in [2.05, 4.69) is 5.32 Å². The SMILES string of the molecule is CCNCc1ccc(O)c(Cl)c1. The summed E-state index contributed by atoms with van der Waals surface area (Å²) < 4.78 is 0. The summed E-state index contributed by atoms with van der Waals surface area (Å²) in [4.78, 5) is 0. The molecule has 0 atom stereocenters. The Morgan fingerprint density at radius 1 is 1.50 bits per heavy atom. The van der Waals surface area contributed by atoms with Gasteiger partial charge in [0.1, 0.15) is 5.75 Å². The van der Waals surface area contributed by atoms with E-state index in [1.54, 1.807) is 12.1 Å². The van der Waals surface area contributed by atoms with E-state index in [1.165, 1.54) is 0 Å². The summed E-state index contributed by atoms with van der Waals surface area (Å²) in [6, 6.07) is 5.22. The highest BCUT2D eigenvalue weighted by Gasteiger charge is 1.98. The van der Waals surface area contributed by atoms with Gasteiger partial charge in [0.15, 0.2) is 0 Å². The van der Waals surface area contributed by atoms with Gasteiger partial charge in [-0.3, -0.25) is 0 Å². The van der Waals surface area contributed by atoms with Crippen molar-refractivity contribution < 1.29 is 5.11 Å². The highest BCUT2D eigenvalue weighted by atomic mass is 35.5. The molecule has 12 heavy (non-hydrogen) atoms. The lowest BCUT2D eigenvalue weighted by atomic mass is 10.2. The number of phenolic OH excluding ortho intramolecular Hbond substituents is 1. The van der Waals surface area contributed by atoms with Crippen LogP contribution in [-0.2, 0) is 6.54 Å². The van der Waals surface area contributed by atoms with Crippen molar-refractivity contribution in [3.8, 4) is 5.75 Å². The molecule has 0 amide bonds. The van der Waals surface area contributed by atoms with Crippen molar-refractivity contribution in [2.75, 3.05) is 6.54 Å². The first-order valence-corrected chi connectivity index (χ1v) is 4.30. The molecule has 0 aromatic heterocycles. The third-order valence-electron chi connectivity index (χ3n) is 1.59. The van der Waals surface area contributed by atoms with Crippen LogP contribution in [0.1, 0.15) is 12.5 Å². The second kappa shape index (κ2) is 4.33. The molecule has 0 aliphatic heterocycles. The summed E-state index contributed by atoms with van der Waals surface area (Å²) >= 11 is 5.71. The Labute approximate surface area is 77.2 Å². The van der Waals surface area contributed by atoms with Crippen molar-refractivity contribution in [3.05, 3.63) is 28.8 Å². The molecule has 1 aromatic rings. The predicted octanol–water partition coefficient (Wildman–Crippen LogP) is 2.16. The van der Waals surface area contributed by atoms with Crippen LogP contribution in [0.3, 0.4) is 0 Å². The Kier molecular flexibility index (Phi) is 3.38. The van der Waals surface area contributed by atoms with Crippen LogP contribution < -0.4 is 5.32 Å². The quantitative estimate of drug-likeness (QED) is 0.757. The third kappa shape index (κ3) is 2.40. The largest absolute Gasteiger partial charge is 0.506 e. The van der Waals surface area contributed by atoms with E-state index in [4.69, 9.17) is 16.7 Å². The van der Waals surface area contributed by atoms with Gasteiger partial charge < -0.3 is 10.4 Å². The molecule has 0 unspecified atom stereocenters. The lowest BCUT2D eigenvalue weighted by Gasteiger charge is -2.03. The van der Waals surface area contributed by atoms with Gasteiger partial charge in [0.05, 0.1) is 5.02 Å². The Hall–Kier alpha value is -0.730. The molecule has 1 aromatic carbocycles. The smallest absolute Gasteiger partial charge is 0.134 e. The summed E-state index contributed by atoms with van der Waals surface area (Å²) in [5.74, 6) is 0.136. The van der Waals surface area contributed by atoms with Crippen molar-refractivity contribution in [3.63, 3.8) is 0 Å². The number of aromatic hydroxyl groups is 1. The predicted molar refractivity (Wildman–Crippen MR) is 50.5 cm³/mol. The van der Waals surface area contributed by atoms with Crippen LogP contribution in [0.2, 0.25) is 5.02 Å². The van der Waals surface area contributed by atoms with Gasteiger partial charge >= 0.3 is 0 Å². The fourth-order valence-electron chi connectivity index (χ4n) is 0.930. The topological polar surface area (TPSA) is 32.3 Å². The zero-order valence-electron chi connectivity index (χ0n) is 6.97. The Balaban J connectivity index is 2.69. The molecule has 2 N–H and O–H groups in total. The molecule has 0 spiro atoms. The van der Waals surface area contributed by atoms with Gasteiger partial charge in [-0.15, -0.1) is 0 Å². The van der Waals surface area contributed by atoms with Gasteiger partial charge in [-0.2, -0.15) is 0 Å². The minimum absolute atomic E-state index is 0.136. The molecule has 66 valence electrons. The number of nitrogens with one attached hydrogen (secondary N) is 1. The fourth-order valence-corrected chi connectivity index (χ4v) is 1.13. The van der Waals surface area contributed by atoms with Crippen molar-refractivity contribution in [1.82, 2.24) is 5.32 Å².